The molecule has 2 atom stereocenters. The molecule has 2 aromatic rings. The number of nitrogens with one attached hydrogen (secondary N) is 2. The Morgan fingerprint density at radius 1 is 1.16 bits per heavy atom. The average Bonchev–Trinajstić information content (AvgIpc) is 3.13. The van der Waals surface area contributed by atoms with E-state index in [0.29, 0.717) is 23.2 Å². The summed E-state index contributed by atoms with van der Waals surface area (Å²) in [6.07, 6.45) is 0.344. The molecule has 0 bridgehead atoms. The predicted molar refractivity (Wildman–Crippen MR) is 110 cm³/mol. The highest BCUT2D eigenvalue weighted by molar-refractivity contribution is 6.11. The normalized spacial score (nSPS) is 19.6. The minimum atomic E-state index is -1.20. The molecule has 0 radical (unpaired) electrons. The summed E-state index contributed by atoms with van der Waals surface area (Å²) >= 11 is 0. The molecule has 4 rings (SSSR count). The lowest BCUT2D eigenvalue weighted by atomic mass is 10.0. The summed E-state index contributed by atoms with van der Waals surface area (Å²) in [6.45, 7) is -0.856. The third kappa shape index (κ3) is 4.17. The van der Waals surface area contributed by atoms with Gasteiger partial charge in [-0.25, -0.2) is 9.18 Å². The second-order valence-corrected chi connectivity index (χ2v) is 7.52. The lowest BCUT2D eigenvalue weighted by Gasteiger charge is -2.24. The van der Waals surface area contributed by atoms with E-state index >= 15 is 0 Å². The summed E-state index contributed by atoms with van der Waals surface area (Å²) in [4.78, 5) is 50.1. The SMILES string of the molecule is O=C(O)COCC(=O)NC1CCN2C(=O)c3cc(-c4ccccc4F)ccc3NC(=O)C12. The summed E-state index contributed by atoms with van der Waals surface area (Å²) in [5.74, 6) is -3.07. The van der Waals surface area contributed by atoms with Gasteiger partial charge in [0.1, 0.15) is 25.1 Å². The number of hydrogen-bond donors (Lipinski definition) is 3. The van der Waals surface area contributed by atoms with Gasteiger partial charge in [0.05, 0.1) is 17.3 Å². The van der Waals surface area contributed by atoms with Crippen molar-refractivity contribution in [1.29, 1.82) is 0 Å². The third-order valence-corrected chi connectivity index (χ3v) is 5.43. The van der Waals surface area contributed by atoms with Crippen molar-refractivity contribution < 1.29 is 33.4 Å². The molecule has 0 aliphatic carbocycles. The summed E-state index contributed by atoms with van der Waals surface area (Å²) in [6, 6.07) is 9.34. The van der Waals surface area contributed by atoms with Crippen molar-refractivity contribution in [2.45, 2.75) is 18.5 Å². The van der Waals surface area contributed by atoms with Crippen LogP contribution in [0.2, 0.25) is 0 Å². The second-order valence-electron chi connectivity index (χ2n) is 7.52. The first-order valence-electron chi connectivity index (χ1n) is 9.95. The zero-order valence-corrected chi connectivity index (χ0v) is 16.8. The van der Waals surface area contributed by atoms with E-state index in [1.165, 1.54) is 11.0 Å². The maximum Gasteiger partial charge on any atom is 0.329 e. The minimum Gasteiger partial charge on any atom is -0.480 e. The standard InChI is InChI=1S/C22H20FN3O6/c23-15-4-2-1-3-13(15)12-5-6-16-14(9-12)22(31)26-8-7-17(20(26)21(30)25-16)24-18(27)10-32-11-19(28)29/h1-6,9,17,20H,7-8,10-11H2,(H,24,27)(H,25,30)(H,28,29). The number of hydrogen-bond acceptors (Lipinski definition) is 5. The molecule has 9 nitrogen and oxygen atoms in total. The summed E-state index contributed by atoms with van der Waals surface area (Å²) < 4.78 is 19.0. The number of ether oxygens (including phenoxy) is 1. The first kappa shape index (κ1) is 21.4. The van der Waals surface area contributed by atoms with Crippen LogP contribution in [0.4, 0.5) is 10.1 Å². The quantitative estimate of drug-likeness (QED) is 0.620. The van der Waals surface area contributed by atoms with Gasteiger partial charge in [0.25, 0.3) is 5.91 Å². The molecule has 2 aliphatic rings. The van der Waals surface area contributed by atoms with Crippen molar-refractivity contribution >= 4 is 29.4 Å². The lowest BCUT2D eigenvalue weighted by molar-refractivity contribution is -0.143. The number of carbonyl (C=O) groups is 4. The number of fused-ring (bicyclic) bond motifs is 2. The molecule has 32 heavy (non-hydrogen) atoms. The molecule has 10 heteroatoms. The summed E-state index contributed by atoms with van der Waals surface area (Å²) in [7, 11) is 0. The molecule has 166 valence electrons. The molecule has 0 saturated carbocycles. The van der Waals surface area contributed by atoms with Gasteiger partial charge >= 0.3 is 5.97 Å². The number of carboxylic acid groups (broad SMARTS) is 1. The summed E-state index contributed by atoms with van der Waals surface area (Å²) in [5.41, 5.74) is 1.38. The fourth-order valence-electron chi connectivity index (χ4n) is 4.03. The molecular weight excluding hydrogens is 421 g/mol. The Bertz CT molecular complexity index is 1100. The Labute approximate surface area is 182 Å². The van der Waals surface area contributed by atoms with Crippen LogP contribution < -0.4 is 10.6 Å². The number of anilines is 1. The van der Waals surface area contributed by atoms with Crippen LogP contribution in [0.1, 0.15) is 16.8 Å². The monoisotopic (exact) mass is 441 g/mol. The van der Waals surface area contributed by atoms with Crippen molar-refractivity contribution in [2.75, 3.05) is 25.1 Å². The van der Waals surface area contributed by atoms with Crippen molar-refractivity contribution in [1.82, 2.24) is 10.2 Å². The minimum absolute atomic E-state index is 0.235. The van der Waals surface area contributed by atoms with Crippen molar-refractivity contribution in [3.8, 4) is 11.1 Å². The summed E-state index contributed by atoms with van der Waals surface area (Å²) in [5, 5.41) is 13.9. The maximum atomic E-state index is 14.2. The molecular formula is C22H20FN3O6. The molecule has 3 amide bonds. The Morgan fingerprint density at radius 3 is 2.69 bits per heavy atom. The zero-order valence-electron chi connectivity index (χ0n) is 16.8. The number of carboxylic acids is 1. The maximum absolute atomic E-state index is 14.2. The Kier molecular flexibility index (Phi) is 5.87. The Hall–Kier alpha value is -3.79. The van der Waals surface area contributed by atoms with Crippen molar-refractivity contribution in [3.63, 3.8) is 0 Å². The van der Waals surface area contributed by atoms with Crippen molar-refractivity contribution in [2.24, 2.45) is 0 Å². The smallest absolute Gasteiger partial charge is 0.329 e. The molecule has 2 heterocycles. The van der Waals surface area contributed by atoms with Crippen LogP contribution in [-0.2, 0) is 19.1 Å². The van der Waals surface area contributed by atoms with Gasteiger partial charge in [-0.05, 0) is 30.2 Å². The van der Waals surface area contributed by atoms with Gasteiger partial charge in [-0.3, -0.25) is 14.4 Å². The Balaban J connectivity index is 1.55. The van der Waals surface area contributed by atoms with Gasteiger partial charge in [0.15, 0.2) is 0 Å². The third-order valence-electron chi connectivity index (χ3n) is 5.43. The van der Waals surface area contributed by atoms with E-state index < -0.39 is 54.8 Å². The lowest BCUT2D eigenvalue weighted by Crippen LogP contribution is -2.52. The van der Waals surface area contributed by atoms with E-state index in [1.54, 1.807) is 36.4 Å². The van der Waals surface area contributed by atoms with E-state index in [-0.39, 0.29) is 12.1 Å². The van der Waals surface area contributed by atoms with E-state index in [4.69, 9.17) is 9.84 Å². The molecule has 3 N–H and O–H groups in total. The second kappa shape index (κ2) is 8.75. The number of nitrogens with zero attached hydrogens (tertiary/aromatic N) is 1. The molecule has 2 unspecified atom stereocenters. The van der Waals surface area contributed by atoms with Crippen LogP contribution in [0, 0.1) is 5.82 Å². The largest absolute Gasteiger partial charge is 0.480 e. The van der Waals surface area contributed by atoms with Crippen LogP contribution in [-0.4, -0.2) is 65.5 Å². The van der Waals surface area contributed by atoms with Crippen LogP contribution >= 0.6 is 0 Å². The first-order valence-corrected chi connectivity index (χ1v) is 9.95. The van der Waals surface area contributed by atoms with Gasteiger partial charge in [0.2, 0.25) is 11.8 Å². The molecule has 2 aromatic carbocycles. The van der Waals surface area contributed by atoms with Gasteiger partial charge < -0.3 is 25.4 Å². The fraction of sp³-hybridized carbons (Fsp3) is 0.273. The van der Waals surface area contributed by atoms with Crippen LogP contribution in [0.5, 0.6) is 0 Å². The Morgan fingerprint density at radius 2 is 1.94 bits per heavy atom. The van der Waals surface area contributed by atoms with Gasteiger partial charge in [-0.1, -0.05) is 24.3 Å². The van der Waals surface area contributed by atoms with E-state index in [9.17, 15) is 23.6 Å². The number of benzene rings is 2. The van der Waals surface area contributed by atoms with Crippen molar-refractivity contribution in [3.05, 3.63) is 53.8 Å². The van der Waals surface area contributed by atoms with Gasteiger partial charge in [-0.15, -0.1) is 0 Å². The average molecular weight is 441 g/mol. The van der Waals surface area contributed by atoms with Gasteiger partial charge in [0, 0.05) is 12.1 Å². The van der Waals surface area contributed by atoms with E-state index in [0.717, 1.165) is 0 Å². The highest BCUT2D eigenvalue weighted by Gasteiger charge is 2.45. The van der Waals surface area contributed by atoms with Gasteiger partial charge in [-0.2, -0.15) is 0 Å². The molecule has 1 saturated heterocycles. The number of carbonyl (C=O) groups excluding carboxylic acids is 3. The van der Waals surface area contributed by atoms with E-state index in [1.807, 2.05) is 0 Å². The molecule has 1 fully saturated rings. The molecule has 0 aromatic heterocycles. The fourth-order valence-corrected chi connectivity index (χ4v) is 4.03. The van der Waals surface area contributed by atoms with E-state index in [2.05, 4.69) is 10.6 Å². The topological polar surface area (TPSA) is 125 Å². The number of rotatable bonds is 6. The zero-order chi connectivity index (χ0) is 22.8. The highest BCUT2D eigenvalue weighted by atomic mass is 19.1. The molecule has 0 spiro atoms. The predicted octanol–water partition coefficient (Wildman–Crippen LogP) is 1.25. The highest BCUT2D eigenvalue weighted by Crippen LogP contribution is 2.33. The molecule has 2 aliphatic heterocycles. The number of halogens is 1. The van der Waals surface area contributed by atoms with Crippen LogP contribution in [0.15, 0.2) is 42.5 Å². The number of amides is 3. The van der Waals surface area contributed by atoms with Crippen LogP contribution in [0.3, 0.4) is 0 Å². The first-order chi connectivity index (χ1) is 15.3. The van der Waals surface area contributed by atoms with Crippen LogP contribution in [0.25, 0.3) is 11.1 Å². The number of aliphatic carboxylic acids is 1.